The molecule has 2 aliphatic heterocycles. The molecule has 0 aromatic carbocycles. The van der Waals surface area contributed by atoms with Crippen molar-refractivity contribution in [3.8, 4) is 0 Å². The maximum atomic E-state index is 14.4. The summed E-state index contributed by atoms with van der Waals surface area (Å²) >= 11 is 0. The molecule has 3 aromatic heterocycles. The molecule has 1 aliphatic carbocycles. The summed E-state index contributed by atoms with van der Waals surface area (Å²) in [4.78, 5) is 64.5. The number of aldehydes is 1. The summed E-state index contributed by atoms with van der Waals surface area (Å²) in [5, 5.41) is 5.07. The fraction of sp³-hybridized carbons (Fsp3) is 0.500. The molecule has 10 nitrogen and oxygen atoms in total. The van der Waals surface area contributed by atoms with Crippen LogP contribution in [0.3, 0.4) is 0 Å². The Hall–Kier alpha value is -5.38. The number of carbonyl (C=O) groups is 4. The largest absolute Gasteiger partial charge is 0.468 e. The summed E-state index contributed by atoms with van der Waals surface area (Å²) in [6, 6.07) is 0. The number of aromatic amines is 3. The van der Waals surface area contributed by atoms with Crippen molar-refractivity contribution in [1.82, 2.24) is 20.3 Å². The highest BCUT2D eigenvalue weighted by molar-refractivity contribution is 6.24. The number of allylic oxidation sites excluding steroid dienone is 3. The molecule has 0 saturated carbocycles. The lowest BCUT2D eigenvalue weighted by Crippen LogP contribution is -2.25. The van der Waals surface area contributed by atoms with Gasteiger partial charge in [-0.15, -0.1) is 0 Å². The second-order valence-electron chi connectivity index (χ2n) is 18.1. The van der Waals surface area contributed by atoms with Crippen LogP contribution in [0, 0.1) is 43.4 Å². The van der Waals surface area contributed by atoms with Crippen LogP contribution in [0.25, 0.3) is 29.9 Å². The second kappa shape index (κ2) is 20.2. The molecule has 10 heteroatoms. The van der Waals surface area contributed by atoms with Crippen LogP contribution in [0.4, 0.5) is 0 Å². The molecule has 0 amide bonds. The van der Waals surface area contributed by atoms with Crippen molar-refractivity contribution in [3.63, 3.8) is 0 Å². The fourth-order valence-corrected chi connectivity index (χ4v) is 9.99. The van der Waals surface area contributed by atoms with E-state index in [0.29, 0.717) is 63.5 Å². The number of ether oxygens (including phenoxy) is 2. The van der Waals surface area contributed by atoms with Gasteiger partial charge in [-0.2, -0.15) is 0 Å². The lowest BCUT2D eigenvalue weighted by molar-refractivity contribution is -0.143. The van der Waals surface area contributed by atoms with Gasteiger partial charge in [-0.05, 0) is 99.3 Å². The third-order valence-corrected chi connectivity index (χ3v) is 13.7. The van der Waals surface area contributed by atoms with Crippen LogP contribution in [-0.4, -0.2) is 52.7 Å². The van der Waals surface area contributed by atoms with Crippen molar-refractivity contribution in [2.45, 2.75) is 126 Å². The molecule has 4 N–H and O–H groups in total. The number of H-pyrrole nitrogens is 3. The Morgan fingerprint density at radius 3 is 2.26 bits per heavy atom. The number of ketones is 1. The molecule has 8 bridgehead atoms. The van der Waals surface area contributed by atoms with Crippen molar-refractivity contribution in [3.05, 3.63) is 96.5 Å². The van der Waals surface area contributed by atoms with E-state index in [-0.39, 0.29) is 36.6 Å². The lowest BCUT2D eigenvalue weighted by Gasteiger charge is -2.19. The molecule has 332 valence electrons. The number of aromatic nitrogens is 3. The Kier molecular flexibility index (Phi) is 15.0. The van der Waals surface area contributed by atoms with Crippen molar-refractivity contribution < 1.29 is 28.7 Å². The van der Waals surface area contributed by atoms with Gasteiger partial charge in [-0.1, -0.05) is 91.4 Å². The smallest absolute Gasteiger partial charge is 0.321 e. The summed E-state index contributed by atoms with van der Waals surface area (Å²) in [6.45, 7) is 21.4. The average molecular weight is 845 g/mol. The first kappa shape index (κ1) is 46.1. The number of methoxy groups -OCH3 is 1. The van der Waals surface area contributed by atoms with E-state index < -0.39 is 11.9 Å². The van der Waals surface area contributed by atoms with Gasteiger partial charge in [0.2, 0.25) is 0 Å². The predicted molar refractivity (Wildman–Crippen MR) is 249 cm³/mol. The first-order valence-electron chi connectivity index (χ1n) is 22.9. The highest BCUT2D eigenvalue weighted by atomic mass is 16.5. The van der Waals surface area contributed by atoms with E-state index in [9.17, 15) is 19.2 Å². The van der Waals surface area contributed by atoms with Gasteiger partial charge in [0.25, 0.3) is 0 Å². The second-order valence-corrected chi connectivity index (χ2v) is 18.1. The number of fused-ring (bicyclic) bond motifs is 7. The normalized spacial score (nSPS) is 22.1. The number of Topliss-reactive ketones (excluding diaryl/α,β-unsaturated/α-hetero) is 1. The van der Waals surface area contributed by atoms with Gasteiger partial charge in [0.05, 0.1) is 18.2 Å². The third kappa shape index (κ3) is 9.49. The quantitative estimate of drug-likeness (QED) is 0.0407. The minimum absolute atomic E-state index is 0.133. The summed E-state index contributed by atoms with van der Waals surface area (Å²) in [5.74, 6) is -1.33. The first-order valence-corrected chi connectivity index (χ1v) is 22.9. The van der Waals surface area contributed by atoms with Gasteiger partial charge in [-0.3, -0.25) is 19.2 Å². The van der Waals surface area contributed by atoms with Crippen LogP contribution in [-0.2, 0) is 25.5 Å². The number of rotatable bonds is 19. The highest BCUT2D eigenvalue weighted by Crippen LogP contribution is 2.48. The van der Waals surface area contributed by atoms with E-state index in [1.807, 2.05) is 45.1 Å². The van der Waals surface area contributed by atoms with Crippen LogP contribution in [0.15, 0.2) is 29.6 Å². The zero-order chi connectivity index (χ0) is 44.8. The molecule has 0 spiro atoms. The van der Waals surface area contributed by atoms with Crippen LogP contribution in [0.5, 0.6) is 0 Å². The third-order valence-electron chi connectivity index (χ3n) is 13.7. The zero-order valence-electron chi connectivity index (χ0n) is 38.5. The van der Waals surface area contributed by atoms with Gasteiger partial charge < -0.3 is 29.7 Å². The predicted octanol–water partition coefficient (Wildman–Crippen LogP) is 9.55. The molecule has 5 atom stereocenters. The maximum Gasteiger partial charge on any atom is 0.321 e. The molecule has 3 aromatic rings. The van der Waals surface area contributed by atoms with Crippen LogP contribution in [0.1, 0.15) is 171 Å². The maximum absolute atomic E-state index is 14.4. The number of hydrogen-bond donors (Lipinski definition) is 4. The molecule has 1 saturated heterocycles. The van der Waals surface area contributed by atoms with Crippen molar-refractivity contribution in [2.24, 2.45) is 29.6 Å². The Balaban J connectivity index is 1.30. The van der Waals surface area contributed by atoms with Crippen molar-refractivity contribution >= 4 is 53.9 Å². The average Bonchev–Trinajstić information content (AvgIpc) is 4.00. The molecule has 1 fully saturated rings. The molecule has 0 radical (unpaired) electrons. The van der Waals surface area contributed by atoms with E-state index >= 15 is 0 Å². The zero-order valence-corrected chi connectivity index (χ0v) is 38.5. The van der Waals surface area contributed by atoms with E-state index in [2.05, 4.69) is 67.5 Å². The minimum Gasteiger partial charge on any atom is -0.468 e. The number of nitrogens with one attached hydrogen (secondary N) is 4. The highest BCUT2D eigenvalue weighted by Gasteiger charge is 2.48. The van der Waals surface area contributed by atoms with Gasteiger partial charge >= 0.3 is 11.9 Å². The van der Waals surface area contributed by atoms with Crippen LogP contribution in [0.2, 0.25) is 0 Å². The Labute approximate surface area is 367 Å². The van der Waals surface area contributed by atoms with Gasteiger partial charge in [-0.25, -0.2) is 0 Å². The minimum atomic E-state index is -1.19. The fourth-order valence-electron chi connectivity index (χ4n) is 9.99. The van der Waals surface area contributed by atoms with Gasteiger partial charge in [0.1, 0.15) is 12.5 Å². The monoisotopic (exact) mass is 845 g/mol. The number of hydrogen-bond acceptors (Lipinski definition) is 7. The molecule has 6 rings (SSSR count). The summed E-state index contributed by atoms with van der Waals surface area (Å²) in [6.07, 6.45) is 21.6. The van der Waals surface area contributed by atoms with E-state index in [0.717, 1.165) is 64.2 Å². The van der Waals surface area contributed by atoms with E-state index in [1.54, 1.807) is 0 Å². The Morgan fingerprint density at radius 2 is 1.58 bits per heavy atom. The SMILES string of the molecule is C=Cc1c2[nH]c(c1C)/C=C1\N/C(=C3\c4[nH]c(c(C)c4C(=O)[C@@H]3C(=O)OC)/C=c3\[nH]/c(c(C=O)c3CC)=C\2)[C@@H](CCC(=O)OC/C=C(\C)CCC[C@@H](C)CCC[C@H](C)CCC)[C@@H]1C. The standard InChI is InChI=1S/C52H68N4O6/c1-11-16-29(4)17-14-18-30(5)19-15-20-31(6)23-24-62-45(58)22-21-37-33(8)40-25-39-32(7)35(12-2)42(53-39)27-44-38(28-57)36(13-3)43(54-44)26-41-34(9)46-50(56-41)47(49(37)55-40)48(51(46)59)52(60)61-10/h12,23,25-30,33,37,48,53-56H,2,11,13-22,24H2,1,3-10H3/b31-23+,40-25-,43-26-,44-27-,49-47-/t29-,30+,33+,37+,48-/m1/s1. The van der Waals surface area contributed by atoms with Crippen molar-refractivity contribution in [2.75, 3.05) is 13.7 Å². The van der Waals surface area contributed by atoms with Crippen LogP contribution < -0.4 is 16.0 Å². The molecular formula is C52H68N4O6. The summed E-state index contributed by atoms with van der Waals surface area (Å²) < 4.78 is 11.0. The lowest BCUT2D eigenvalue weighted by atomic mass is 9.85. The summed E-state index contributed by atoms with van der Waals surface area (Å²) in [7, 11) is 1.30. The van der Waals surface area contributed by atoms with Crippen LogP contribution >= 0.6 is 0 Å². The van der Waals surface area contributed by atoms with Gasteiger partial charge in [0, 0.05) is 74.3 Å². The first-order chi connectivity index (χ1) is 29.8. The van der Waals surface area contributed by atoms with E-state index in [1.165, 1.54) is 51.2 Å². The molecule has 5 heterocycles. The number of esters is 2. The number of carbonyl (C=O) groups excluding carboxylic acids is 4. The van der Waals surface area contributed by atoms with Crippen molar-refractivity contribution in [1.29, 1.82) is 0 Å². The topological polar surface area (TPSA) is 146 Å². The molecule has 62 heavy (non-hydrogen) atoms. The molecular weight excluding hydrogens is 777 g/mol. The van der Waals surface area contributed by atoms with Gasteiger partial charge in [0.15, 0.2) is 12.1 Å². The Morgan fingerprint density at radius 1 is 0.887 bits per heavy atom. The Bertz CT molecular complexity index is 2430. The van der Waals surface area contributed by atoms with E-state index in [4.69, 9.17) is 9.47 Å². The molecule has 0 unspecified atom stereocenters. The summed E-state index contributed by atoms with van der Waals surface area (Å²) in [5.41, 5.74) is 10.6. The molecule has 3 aliphatic rings.